The zero-order valence-electron chi connectivity index (χ0n) is 4.64. The minimum absolute atomic E-state index is 0.260. The van der Waals surface area contributed by atoms with E-state index in [2.05, 4.69) is 5.32 Å². The predicted octanol–water partition coefficient (Wildman–Crippen LogP) is 0.688. The monoisotopic (exact) mass is 155 g/mol. The molecule has 0 heterocycles. The van der Waals surface area contributed by atoms with Crippen LogP contribution in [0, 0.1) is 0 Å². The highest BCUT2D eigenvalue weighted by Gasteiger charge is 1.99. The van der Waals surface area contributed by atoms with Crippen molar-refractivity contribution in [1.29, 1.82) is 0 Å². The zero-order chi connectivity index (χ0) is 7.11. The summed E-state index contributed by atoms with van der Waals surface area (Å²) in [6, 6.07) is 0. The van der Waals surface area contributed by atoms with Crippen LogP contribution in [0.3, 0.4) is 0 Å². The maximum Gasteiger partial charge on any atom is 0.284 e. The molecular formula is C4H7F2NOS. The highest BCUT2D eigenvalue weighted by molar-refractivity contribution is 7.99. The number of rotatable bonds is 5. The smallest absolute Gasteiger partial charge is 0.284 e. The summed E-state index contributed by atoms with van der Waals surface area (Å²) in [5.41, 5.74) is 0. The van der Waals surface area contributed by atoms with E-state index < -0.39 is 5.76 Å². The van der Waals surface area contributed by atoms with E-state index in [0.717, 1.165) is 0 Å². The second kappa shape index (κ2) is 5.81. The number of hydrogen-bond donors (Lipinski definition) is 1. The van der Waals surface area contributed by atoms with Crippen LogP contribution in [0.5, 0.6) is 0 Å². The Bertz CT molecular complexity index is 81.0. The number of carbonyl (C=O) groups excluding carboxylic acids is 1. The second-order valence-corrected chi connectivity index (χ2v) is 2.30. The summed E-state index contributed by atoms with van der Waals surface area (Å²) in [5, 5.41) is 2.27. The summed E-state index contributed by atoms with van der Waals surface area (Å²) >= 11 is 0.516. The van der Waals surface area contributed by atoms with Gasteiger partial charge in [0.15, 0.2) is 0 Å². The van der Waals surface area contributed by atoms with Crippen LogP contribution < -0.4 is 5.32 Å². The van der Waals surface area contributed by atoms with E-state index in [-0.39, 0.29) is 5.75 Å². The van der Waals surface area contributed by atoms with Gasteiger partial charge in [-0.15, -0.1) is 0 Å². The lowest BCUT2D eigenvalue weighted by atomic mass is 10.8. The average molecular weight is 155 g/mol. The van der Waals surface area contributed by atoms with Crippen molar-refractivity contribution in [3.8, 4) is 0 Å². The minimum Gasteiger partial charge on any atom is -0.358 e. The summed E-state index contributed by atoms with van der Waals surface area (Å²) in [6.07, 6.45) is 0.492. The Labute approximate surface area is 56.0 Å². The fourth-order valence-corrected chi connectivity index (χ4v) is 0.680. The molecule has 5 heteroatoms. The quantitative estimate of drug-likeness (QED) is 0.467. The van der Waals surface area contributed by atoms with Gasteiger partial charge in [0.2, 0.25) is 6.41 Å². The standard InChI is InChI=1S/C4H7F2NOS/c5-4(6)9-2-1-7-3-8/h3-4H,1-2H2,(H,7,8). The molecule has 54 valence electrons. The Kier molecular flexibility index (Phi) is 5.60. The molecule has 9 heavy (non-hydrogen) atoms. The van der Waals surface area contributed by atoms with Gasteiger partial charge in [0, 0.05) is 12.3 Å². The van der Waals surface area contributed by atoms with Crippen molar-refractivity contribution in [3.63, 3.8) is 0 Å². The van der Waals surface area contributed by atoms with Crippen molar-refractivity contribution in [3.05, 3.63) is 0 Å². The summed E-state index contributed by atoms with van der Waals surface area (Å²) in [6.45, 7) is 0.304. The molecule has 0 aliphatic carbocycles. The van der Waals surface area contributed by atoms with Gasteiger partial charge in [-0.05, 0) is 0 Å². The van der Waals surface area contributed by atoms with Crippen LogP contribution in [0.25, 0.3) is 0 Å². The molecule has 0 atom stereocenters. The predicted molar refractivity (Wildman–Crippen MR) is 32.5 cm³/mol. The molecule has 0 fully saturated rings. The molecule has 0 saturated carbocycles. The lowest BCUT2D eigenvalue weighted by molar-refractivity contribution is -0.109. The number of hydrogen-bond acceptors (Lipinski definition) is 2. The van der Waals surface area contributed by atoms with Crippen LogP contribution in [-0.2, 0) is 4.79 Å². The largest absolute Gasteiger partial charge is 0.358 e. The molecule has 2 nitrogen and oxygen atoms in total. The Balaban J connectivity index is 2.82. The van der Waals surface area contributed by atoms with Gasteiger partial charge in [0.25, 0.3) is 5.76 Å². The summed E-state index contributed by atoms with van der Waals surface area (Å²) in [7, 11) is 0. The molecule has 0 aliphatic heterocycles. The van der Waals surface area contributed by atoms with E-state index in [9.17, 15) is 13.6 Å². The summed E-state index contributed by atoms with van der Waals surface area (Å²) in [5.74, 6) is -2.07. The number of carbonyl (C=O) groups is 1. The second-order valence-electron chi connectivity index (χ2n) is 1.20. The Morgan fingerprint density at radius 3 is 2.78 bits per heavy atom. The Morgan fingerprint density at radius 2 is 2.33 bits per heavy atom. The van der Waals surface area contributed by atoms with E-state index in [1.54, 1.807) is 0 Å². The molecule has 1 amide bonds. The highest BCUT2D eigenvalue weighted by atomic mass is 32.2. The molecule has 0 aromatic rings. The first-order valence-corrected chi connectivity index (χ1v) is 3.39. The molecular weight excluding hydrogens is 148 g/mol. The van der Waals surface area contributed by atoms with Crippen LogP contribution in [0.4, 0.5) is 8.78 Å². The molecule has 0 unspecified atom stereocenters. The molecule has 1 N–H and O–H groups in total. The van der Waals surface area contributed by atoms with Crippen LogP contribution in [-0.4, -0.2) is 24.5 Å². The third-order valence-corrected chi connectivity index (χ3v) is 1.27. The van der Waals surface area contributed by atoms with Gasteiger partial charge in [-0.25, -0.2) is 0 Å². The van der Waals surface area contributed by atoms with Crippen molar-refractivity contribution in [2.45, 2.75) is 5.76 Å². The number of alkyl halides is 2. The molecule has 0 aromatic heterocycles. The van der Waals surface area contributed by atoms with E-state index in [1.807, 2.05) is 0 Å². The van der Waals surface area contributed by atoms with Gasteiger partial charge in [-0.2, -0.15) is 8.78 Å². The first kappa shape index (κ1) is 8.68. The van der Waals surface area contributed by atoms with Crippen LogP contribution in [0.2, 0.25) is 0 Å². The SMILES string of the molecule is O=CNCCSC(F)F. The van der Waals surface area contributed by atoms with Crippen LogP contribution in [0.15, 0.2) is 0 Å². The average Bonchev–Trinajstić information content (AvgIpc) is 1.80. The van der Waals surface area contributed by atoms with Crippen molar-refractivity contribution >= 4 is 18.2 Å². The fraction of sp³-hybridized carbons (Fsp3) is 0.750. The molecule has 0 aliphatic rings. The number of nitrogens with one attached hydrogen (secondary N) is 1. The van der Waals surface area contributed by atoms with Crippen LogP contribution in [0.1, 0.15) is 0 Å². The van der Waals surface area contributed by atoms with Crippen LogP contribution >= 0.6 is 11.8 Å². The summed E-state index contributed by atoms with van der Waals surface area (Å²) in [4.78, 5) is 9.54. The van der Waals surface area contributed by atoms with Gasteiger partial charge >= 0.3 is 0 Å². The molecule has 0 bridgehead atoms. The number of amides is 1. The first-order chi connectivity index (χ1) is 4.27. The molecule has 0 saturated heterocycles. The molecule has 0 radical (unpaired) electrons. The van der Waals surface area contributed by atoms with Gasteiger partial charge in [0.05, 0.1) is 0 Å². The van der Waals surface area contributed by atoms with Gasteiger partial charge in [0.1, 0.15) is 0 Å². The lowest BCUT2D eigenvalue weighted by Gasteiger charge is -1.96. The Morgan fingerprint density at radius 1 is 1.67 bits per heavy atom. The van der Waals surface area contributed by atoms with Crippen molar-refractivity contribution in [1.82, 2.24) is 5.32 Å². The number of thioether (sulfide) groups is 1. The maximum absolute atomic E-state index is 11.3. The highest BCUT2D eigenvalue weighted by Crippen LogP contribution is 2.11. The topological polar surface area (TPSA) is 29.1 Å². The maximum atomic E-state index is 11.3. The van der Waals surface area contributed by atoms with Gasteiger partial charge in [-0.3, -0.25) is 4.79 Å². The van der Waals surface area contributed by atoms with Gasteiger partial charge < -0.3 is 5.32 Å². The van der Waals surface area contributed by atoms with Gasteiger partial charge in [-0.1, -0.05) is 11.8 Å². The Hall–Kier alpha value is -0.320. The summed E-state index contributed by atoms with van der Waals surface area (Å²) < 4.78 is 22.6. The van der Waals surface area contributed by atoms with E-state index in [0.29, 0.717) is 24.7 Å². The lowest BCUT2D eigenvalue weighted by Crippen LogP contribution is -2.14. The van der Waals surface area contributed by atoms with E-state index in [1.165, 1.54) is 0 Å². The minimum atomic E-state index is -2.33. The molecule has 0 rings (SSSR count). The van der Waals surface area contributed by atoms with Crippen molar-refractivity contribution in [2.75, 3.05) is 12.3 Å². The molecule has 0 spiro atoms. The van der Waals surface area contributed by atoms with E-state index in [4.69, 9.17) is 0 Å². The normalized spacial score (nSPS) is 9.67. The third-order valence-electron chi connectivity index (χ3n) is 0.574. The first-order valence-electron chi connectivity index (χ1n) is 2.34. The fourth-order valence-electron chi connectivity index (χ4n) is 0.266. The third kappa shape index (κ3) is 7.68. The molecule has 0 aromatic carbocycles. The van der Waals surface area contributed by atoms with Crippen molar-refractivity contribution < 1.29 is 13.6 Å². The number of halogens is 2. The van der Waals surface area contributed by atoms with Crippen molar-refractivity contribution in [2.24, 2.45) is 0 Å². The van der Waals surface area contributed by atoms with E-state index >= 15 is 0 Å². The zero-order valence-corrected chi connectivity index (χ0v) is 5.46.